The van der Waals surface area contributed by atoms with Crippen LogP contribution in [0.4, 0.5) is 0 Å². The molecular weight excluding hydrogens is 369 g/mol. The summed E-state index contributed by atoms with van der Waals surface area (Å²) in [4.78, 5) is 36.0. The van der Waals surface area contributed by atoms with Gasteiger partial charge in [0.1, 0.15) is 17.6 Å². The third-order valence-corrected chi connectivity index (χ3v) is 4.09. The first-order valence-electron chi connectivity index (χ1n) is 7.24. The molecule has 0 unspecified atom stereocenters. The van der Waals surface area contributed by atoms with E-state index in [9.17, 15) is 14.4 Å². The predicted molar refractivity (Wildman–Crippen MR) is 92.6 cm³/mol. The van der Waals surface area contributed by atoms with Crippen molar-refractivity contribution in [2.45, 2.75) is 19.0 Å². The lowest BCUT2D eigenvalue weighted by Crippen LogP contribution is -2.45. The summed E-state index contributed by atoms with van der Waals surface area (Å²) in [7, 11) is 1.23. The number of nitrogens with one attached hydrogen (secondary N) is 1. The van der Waals surface area contributed by atoms with Crippen LogP contribution in [0.25, 0.3) is 0 Å². The van der Waals surface area contributed by atoms with Gasteiger partial charge in [-0.2, -0.15) is 5.10 Å². The number of aromatic nitrogens is 2. The van der Waals surface area contributed by atoms with Gasteiger partial charge >= 0.3 is 5.97 Å². The summed E-state index contributed by atoms with van der Waals surface area (Å²) >= 11 is 11.4. The summed E-state index contributed by atoms with van der Waals surface area (Å²) in [6, 6.07) is 8.26. The van der Waals surface area contributed by atoms with Gasteiger partial charge in [-0.15, -0.1) is 0 Å². The van der Waals surface area contributed by atoms with Gasteiger partial charge in [0.2, 0.25) is 5.91 Å². The number of ether oxygens (including phenoxy) is 1. The molecule has 0 aliphatic rings. The minimum Gasteiger partial charge on any atom is -0.467 e. The Morgan fingerprint density at radius 3 is 2.60 bits per heavy atom. The molecule has 7 nitrogen and oxygen atoms in total. The third-order valence-electron chi connectivity index (χ3n) is 3.34. The fourth-order valence-corrected chi connectivity index (χ4v) is 2.39. The Morgan fingerprint density at radius 2 is 1.96 bits per heavy atom. The van der Waals surface area contributed by atoms with Crippen molar-refractivity contribution in [1.29, 1.82) is 0 Å². The Kier molecular flexibility index (Phi) is 6.55. The fraction of sp³-hybridized carbons (Fsp3) is 0.250. The molecule has 1 heterocycles. The van der Waals surface area contributed by atoms with Crippen LogP contribution in [0.3, 0.4) is 0 Å². The van der Waals surface area contributed by atoms with E-state index in [4.69, 9.17) is 27.9 Å². The zero-order valence-electron chi connectivity index (χ0n) is 13.2. The molecule has 0 spiro atoms. The number of hydrogen-bond donors (Lipinski definition) is 1. The Labute approximate surface area is 153 Å². The van der Waals surface area contributed by atoms with Crippen LogP contribution < -0.4 is 10.9 Å². The van der Waals surface area contributed by atoms with Crippen molar-refractivity contribution in [3.05, 3.63) is 62.5 Å². The van der Waals surface area contributed by atoms with E-state index < -0.39 is 30.0 Å². The molecule has 25 heavy (non-hydrogen) atoms. The average Bonchev–Trinajstić information content (AvgIpc) is 2.62. The lowest BCUT2D eigenvalue weighted by atomic mass is 10.1. The number of rotatable bonds is 6. The van der Waals surface area contributed by atoms with Crippen molar-refractivity contribution in [2.24, 2.45) is 0 Å². The highest BCUT2D eigenvalue weighted by Crippen LogP contribution is 2.14. The van der Waals surface area contributed by atoms with Crippen molar-refractivity contribution in [3.63, 3.8) is 0 Å². The molecule has 9 heteroatoms. The van der Waals surface area contributed by atoms with E-state index in [-0.39, 0.29) is 16.5 Å². The molecule has 0 radical (unpaired) electrons. The molecule has 0 aliphatic carbocycles. The number of carbonyl (C=O) groups excluding carboxylic acids is 2. The molecular formula is C16H15Cl2N3O4. The third kappa shape index (κ3) is 5.04. The van der Waals surface area contributed by atoms with Gasteiger partial charge in [-0.1, -0.05) is 53.5 Å². The van der Waals surface area contributed by atoms with E-state index in [0.717, 1.165) is 10.2 Å². The molecule has 1 N–H and O–H groups in total. The first-order chi connectivity index (χ1) is 11.9. The van der Waals surface area contributed by atoms with Crippen molar-refractivity contribution in [3.8, 4) is 0 Å². The number of hydrogen-bond acceptors (Lipinski definition) is 5. The molecule has 2 aromatic rings. The van der Waals surface area contributed by atoms with Crippen molar-refractivity contribution >= 4 is 35.1 Å². The standard InChI is InChI=1S/C16H15Cl2N3O4/c1-25-16(24)12(7-10-5-3-2-4-6-10)20-13(22)9-21-15(23)14(18)11(17)8-19-21/h2-6,8,12H,7,9H2,1H3,(H,20,22)/t12-/m1/s1. The number of halogens is 2. The van der Waals surface area contributed by atoms with Crippen LogP contribution in [0.15, 0.2) is 41.3 Å². The summed E-state index contributed by atoms with van der Waals surface area (Å²) < 4.78 is 5.58. The number of esters is 1. The van der Waals surface area contributed by atoms with Gasteiger partial charge in [0.25, 0.3) is 5.56 Å². The maximum Gasteiger partial charge on any atom is 0.328 e. The van der Waals surface area contributed by atoms with Crippen molar-refractivity contribution < 1.29 is 14.3 Å². The Hall–Kier alpha value is -2.38. The first kappa shape index (κ1) is 19.0. The van der Waals surface area contributed by atoms with Gasteiger partial charge in [0.05, 0.1) is 18.3 Å². The van der Waals surface area contributed by atoms with E-state index >= 15 is 0 Å². The zero-order chi connectivity index (χ0) is 18.4. The van der Waals surface area contributed by atoms with Gasteiger partial charge in [-0.05, 0) is 5.56 Å². The average molecular weight is 384 g/mol. The van der Waals surface area contributed by atoms with Crippen LogP contribution in [0.1, 0.15) is 5.56 Å². The van der Waals surface area contributed by atoms with Crippen LogP contribution in [-0.2, 0) is 27.3 Å². The maximum absolute atomic E-state index is 12.2. The van der Waals surface area contributed by atoms with Crippen LogP contribution >= 0.6 is 23.2 Å². The molecule has 132 valence electrons. The van der Waals surface area contributed by atoms with E-state index in [0.29, 0.717) is 0 Å². The SMILES string of the molecule is COC(=O)[C@@H](Cc1ccccc1)NC(=O)Cn1ncc(Cl)c(Cl)c1=O. The number of benzene rings is 1. The van der Waals surface area contributed by atoms with E-state index in [1.54, 1.807) is 0 Å². The monoisotopic (exact) mass is 383 g/mol. The van der Waals surface area contributed by atoms with Crippen LogP contribution in [-0.4, -0.2) is 34.8 Å². The van der Waals surface area contributed by atoms with Gasteiger partial charge in [0.15, 0.2) is 0 Å². The Morgan fingerprint density at radius 1 is 1.28 bits per heavy atom. The minimum absolute atomic E-state index is 0.000148. The molecule has 0 saturated heterocycles. The molecule has 0 fully saturated rings. The lowest BCUT2D eigenvalue weighted by Gasteiger charge is -2.17. The van der Waals surface area contributed by atoms with Crippen LogP contribution in [0.5, 0.6) is 0 Å². The molecule has 0 aliphatic heterocycles. The van der Waals surface area contributed by atoms with Crippen molar-refractivity contribution in [2.75, 3.05) is 7.11 Å². The Balaban J connectivity index is 2.10. The number of carbonyl (C=O) groups is 2. The van der Waals surface area contributed by atoms with Gasteiger partial charge in [-0.3, -0.25) is 9.59 Å². The molecule has 0 saturated carbocycles. The van der Waals surface area contributed by atoms with Crippen LogP contribution in [0.2, 0.25) is 10.0 Å². The predicted octanol–water partition coefficient (Wildman–Crippen LogP) is 1.45. The summed E-state index contributed by atoms with van der Waals surface area (Å²) in [6.07, 6.45) is 1.42. The second-order valence-corrected chi connectivity index (χ2v) is 5.89. The summed E-state index contributed by atoms with van der Waals surface area (Å²) in [5.41, 5.74) is 0.157. The molecule has 1 aromatic carbocycles. The topological polar surface area (TPSA) is 90.3 Å². The largest absolute Gasteiger partial charge is 0.467 e. The van der Waals surface area contributed by atoms with Crippen LogP contribution in [0, 0.1) is 0 Å². The van der Waals surface area contributed by atoms with E-state index in [2.05, 4.69) is 10.4 Å². The highest BCUT2D eigenvalue weighted by Gasteiger charge is 2.22. The maximum atomic E-state index is 12.2. The molecule has 1 atom stereocenters. The summed E-state index contributed by atoms with van der Waals surface area (Å²) in [5, 5.41) is 6.06. The fourth-order valence-electron chi connectivity index (χ4n) is 2.12. The van der Waals surface area contributed by atoms with Crippen molar-refractivity contribution in [1.82, 2.24) is 15.1 Å². The lowest BCUT2D eigenvalue weighted by molar-refractivity contribution is -0.145. The molecule has 0 bridgehead atoms. The van der Waals surface area contributed by atoms with Gasteiger partial charge in [-0.25, -0.2) is 9.48 Å². The highest BCUT2D eigenvalue weighted by atomic mass is 35.5. The second kappa shape index (κ2) is 8.64. The Bertz CT molecular complexity index is 824. The smallest absolute Gasteiger partial charge is 0.328 e. The molecule has 1 aromatic heterocycles. The number of amides is 1. The molecule has 2 rings (SSSR count). The quantitative estimate of drug-likeness (QED) is 0.762. The second-order valence-electron chi connectivity index (χ2n) is 5.10. The number of methoxy groups -OCH3 is 1. The zero-order valence-corrected chi connectivity index (χ0v) is 14.8. The van der Waals surface area contributed by atoms with E-state index in [1.165, 1.54) is 13.3 Å². The first-order valence-corrected chi connectivity index (χ1v) is 8.00. The van der Waals surface area contributed by atoms with Gasteiger partial charge < -0.3 is 10.1 Å². The van der Waals surface area contributed by atoms with Gasteiger partial charge in [0, 0.05) is 6.42 Å². The number of nitrogens with zero attached hydrogens (tertiary/aromatic N) is 2. The summed E-state index contributed by atoms with van der Waals surface area (Å²) in [6.45, 7) is -0.405. The summed E-state index contributed by atoms with van der Waals surface area (Å²) in [5.74, 6) is -1.18. The normalized spacial score (nSPS) is 11.6. The highest BCUT2D eigenvalue weighted by molar-refractivity contribution is 6.41. The van der Waals surface area contributed by atoms with E-state index in [1.807, 2.05) is 30.3 Å². The minimum atomic E-state index is -0.890. The molecule has 1 amide bonds.